The van der Waals surface area contributed by atoms with Crippen LogP contribution in [0.4, 0.5) is 11.4 Å². The molecular formula is C27H30ClN3O4. The number of para-hydroxylation sites is 1. The van der Waals surface area contributed by atoms with Gasteiger partial charge in [0.1, 0.15) is 0 Å². The summed E-state index contributed by atoms with van der Waals surface area (Å²) in [7, 11) is 0. The molecule has 1 saturated heterocycles. The van der Waals surface area contributed by atoms with Crippen LogP contribution >= 0.6 is 11.6 Å². The van der Waals surface area contributed by atoms with Gasteiger partial charge in [-0.3, -0.25) is 14.4 Å². The number of aliphatic carboxylic acids is 1. The maximum Gasteiger partial charge on any atom is 0.307 e. The molecule has 1 aliphatic heterocycles. The minimum Gasteiger partial charge on any atom is -0.481 e. The zero-order valence-electron chi connectivity index (χ0n) is 20.0. The third-order valence-electron chi connectivity index (χ3n) is 7.08. The molecule has 2 aromatic carbocycles. The Labute approximate surface area is 210 Å². The van der Waals surface area contributed by atoms with E-state index in [1.807, 2.05) is 38.1 Å². The number of amides is 2. The molecular weight excluding hydrogens is 466 g/mol. The molecule has 2 aromatic rings. The zero-order valence-corrected chi connectivity index (χ0v) is 20.7. The van der Waals surface area contributed by atoms with Crippen molar-refractivity contribution in [3.63, 3.8) is 0 Å². The van der Waals surface area contributed by atoms with Crippen LogP contribution in [0.15, 0.2) is 59.7 Å². The third-order valence-corrected chi connectivity index (χ3v) is 7.31. The number of hydrogen-bond acceptors (Lipinski definition) is 4. The Morgan fingerprint density at radius 2 is 1.57 bits per heavy atom. The minimum atomic E-state index is -0.973. The number of anilines is 2. The predicted octanol–water partition coefficient (Wildman–Crippen LogP) is 4.69. The Kier molecular flexibility index (Phi) is 7.45. The van der Waals surface area contributed by atoms with E-state index in [0.717, 1.165) is 16.8 Å². The first-order valence-electron chi connectivity index (χ1n) is 11.8. The lowest BCUT2D eigenvalue weighted by Gasteiger charge is -2.36. The minimum absolute atomic E-state index is 0.156. The maximum atomic E-state index is 13.4. The van der Waals surface area contributed by atoms with Gasteiger partial charge < -0.3 is 20.2 Å². The van der Waals surface area contributed by atoms with Gasteiger partial charge in [0.05, 0.1) is 23.1 Å². The molecule has 2 N–H and O–H groups in total. The number of benzene rings is 2. The molecule has 0 aromatic heterocycles. The molecule has 1 aliphatic carbocycles. The van der Waals surface area contributed by atoms with Crippen molar-refractivity contribution in [1.29, 1.82) is 0 Å². The quantitative estimate of drug-likeness (QED) is 0.587. The van der Waals surface area contributed by atoms with E-state index in [1.54, 1.807) is 29.2 Å². The van der Waals surface area contributed by atoms with Crippen molar-refractivity contribution in [3.05, 3.63) is 70.3 Å². The largest absolute Gasteiger partial charge is 0.481 e. The number of nitrogens with one attached hydrogen (secondary N) is 1. The number of carboxylic acids is 1. The van der Waals surface area contributed by atoms with E-state index in [4.69, 9.17) is 11.6 Å². The molecule has 2 atom stereocenters. The Morgan fingerprint density at radius 3 is 2.23 bits per heavy atom. The van der Waals surface area contributed by atoms with Crippen LogP contribution in [0, 0.1) is 11.8 Å². The van der Waals surface area contributed by atoms with E-state index >= 15 is 0 Å². The summed E-state index contributed by atoms with van der Waals surface area (Å²) in [5, 5.41) is 13.2. The number of carbonyl (C=O) groups is 3. The number of hydrogen-bond donors (Lipinski definition) is 2. The molecule has 2 aliphatic rings. The van der Waals surface area contributed by atoms with Gasteiger partial charge in [-0.25, -0.2) is 0 Å². The van der Waals surface area contributed by atoms with E-state index in [-0.39, 0.29) is 11.8 Å². The van der Waals surface area contributed by atoms with Crippen LogP contribution in [0.25, 0.3) is 0 Å². The van der Waals surface area contributed by atoms with Gasteiger partial charge in [0.2, 0.25) is 5.91 Å². The monoisotopic (exact) mass is 495 g/mol. The fraction of sp³-hybridized carbons (Fsp3) is 0.370. The van der Waals surface area contributed by atoms with Gasteiger partial charge in [-0.15, -0.1) is 0 Å². The summed E-state index contributed by atoms with van der Waals surface area (Å²) in [5.41, 5.74) is 3.91. The molecule has 7 nitrogen and oxygen atoms in total. The molecule has 1 heterocycles. The van der Waals surface area contributed by atoms with Gasteiger partial charge in [-0.1, -0.05) is 40.9 Å². The van der Waals surface area contributed by atoms with Gasteiger partial charge >= 0.3 is 5.97 Å². The lowest BCUT2D eigenvalue weighted by Crippen LogP contribution is -2.49. The molecule has 0 saturated carbocycles. The van der Waals surface area contributed by atoms with Crippen molar-refractivity contribution >= 4 is 40.8 Å². The third kappa shape index (κ3) is 5.51. The molecule has 4 rings (SSSR count). The van der Waals surface area contributed by atoms with Gasteiger partial charge in [0.25, 0.3) is 5.91 Å². The number of halogens is 1. The highest BCUT2D eigenvalue weighted by atomic mass is 35.5. The average molecular weight is 496 g/mol. The van der Waals surface area contributed by atoms with E-state index in [0.29, 0.717) is 55.3 Å². The summed E-state index contributed by atoms with van der Waals surface area (Å²) in [6, 6.07) is 14.6. The van der Waals surface area contributed by atoms with Crippen LogP contribution in [0.3, 0.4) is 0 Å². The predicted molar refractivity (Wildman–Crippen MR) is 137 cm³/mol. The summed E-state index contributed by atoms with van der Waals surface area (Å²) in [6.07, 6.45) is 0.757. The summed E-state index contributed by atoms with van der Waals surface area (Å²) in [6.45, 7) is 6.29. The number of nitrogens with zero attached hydrogens (tertiary/aromatic N) is 2. The van der Waals surface area contributed by atoms with Crippen molar-refractivity contribution in [2.24, 2.45) is 11.8 Å². The summed E-state index contributed by atoms with van der Waals surface area (Å²) in [4.78, 5) is 42.4. The van der Waals surface area contributed by atoms with Gasteiger partial charge in [-0.2, -0.15) is 0 Å². The van der Waals surface area contributed by atoms with Gasteiger partial charge in [0.15, 0.2) is 0 Å². The van der Waals surface area contributed by atoms with Crippen LogP contribution < -0.4 is 10.2 Å². The van der Waals surface area contributed by atoms with Crippen LogP contribution in [-0.2, 0) is 9.59 Å². The maximum absolute atomic E-state index is 13.4. The van der Waals surface area contributed by atoms with Crippen LogP contribution in [0.5, 0.6) is 0 Å². The highest BCUT2D eigenvalue weighted by Crippen LogP contribution is 2.35. The molecule has 8 heteroatoms. The molecule has 0 spiro atoms. The normalized spacial score (nSPS) is 20.5. The molecule has 2 amide bonds. The Balaban J connectivity index is 1.46. The molecule has 35 heavy (non-hydrogen) atoms. The first-order chi connectivity index (χ1) is 16.7. The summed E-state index contributed by atoms with van der Waals surface area (Å²) in [5.74, 6) is -2.95. The molecule has 0 unspecified atom stereocenters. The lowest BCUT2D eigenvalue weighted by molar-refractivity contribution is -0.146. The molecule has 0 radical (unpaired) electrons. The number of piperazine rings is 1. The first-order valence-corrected chi connectivity index (χ1v) is 12.2. The highest BCUT2D eigenvalue weighted by molar-refractivity contribution is 6.30. The number of allylic oxidation sites excluding steroid dienone is 2. The Bertz CT molecular complexity index is 1170. The number of rotatable bonds is 5. The average Bonchev–Trinajstić information content (AvgIpc) is 2.85. The number of carboxylic acid groups (broad SMARTS) is 1. The van der Waals surface area contributed by atoms with Crippen molar-refractivity contribution in [2.75, 3.05) is 36.4 Å². The van der Waals surface area contributed by atoms with E-state index in [1.165, 1.54) is 0 Å². The topological polar surface area (TPSA) is 89.9 Å². The van der Waals surface area contributed by atoms with Gasteiger partial charge in [-0.05, 0) is 57.0 Å². The number of carbonyl (C=O) groups excluding carboxylic acids is 2. The smallest absolute Gasteiger partial charge is 0.307 e. The molecule has 0 bridgehead atoms. The van der Waals surface area contributed by atoms with Crippen molar-refractivity contribution < 1.29 is 19.5 Å². The SMILES string of the molecule is CC1=C(C)C[C@@H](C(=O)O)[C@@H](C(=O)Nc2ccccc2C(=O)N2CCN(c3cccc(Cl)c3)CC2)C1. The van der Waals surface area contributed by atoms with E-state index < -0.39 is 17.8 Å². The fourth-order valence-corrected chi connectivity index (χ4v) is 5.03. The zero-order chi connectivity index (χ0) is 25.1. The lowest BCUT2D eigenvalue weighted by atomic mass is 9.76. The van der Waals surface area contributed by atoms with Crippen molar-refractivity contribution in [2.45, 2.75) is 26.7 Å². The Hall–Kier alpha value is -3.32. The highest BCUT2D eigenvalue weighted by Gasteiger charge is 2.37. The van der Waals surface area contributed by atoms with Crippen molar-refractivity contribution in [1.82, 2.24) is 4.90 Å². The Morgan fingerprint density at radius 1 is 0.914 bits per heavy atom. The second-order valence-electron chi connectivity index (χ2n) is 9.31. The van der Waals surface area contributed by atoms with E-state index in [2.05, 4.69) is 10.2 Å². The van der Waals surface area contributed by atoms with Crippen LogP contribution in [0.1, 0.15) is 37.0 Å². The summed E-state index contributed by atoms with van der Waals surface area (Å²) < 4.78 is 0. The standard InChI is InChI=1S/C27H30ClN3O4/c1-17-14-22(23(27(34)35)15-18(17)2)25(32)29-24-9-4-3-8-21(24)26(33)31-12-10-30(11-13-31)20-7-5-6-19(28)16-20/h3-9,16,22-23H,10-15H2,1-2H3,(H,29,32)(H,34,35)/t22-,23+/m0/s1. The second-order valence-corrected chi connectivity index (χ2v) is 9.75. The second kappa shape index (κ2) is 10.5. The molecule has 1 fully saturated rings. The van der Waals surface area contributed by atoms with E-state index in [9.17, 15) is 19.5 Å². The summed E-state index contributed by atoms with van der Waals surface area (Å²) >= 11 is 6.12. The van der Waals surface area contributed by atoms with Gasteiger partial charge in [0, 0.05) is 36.9 Å². The fourth-order valence-electron chi connectivity index (χ4n) is 4.84. The van der Waals surface area contributed by atoms with Crippen LogP contribution in [-0.4, -0.2) is 54.0 Å². The van der Waals surface area contributed by atoms with Crippen molar-refractivity contribution in [3.8, 4) is 0 Å². The van der Waals surface area contributed by atoms with Crippen LogP contribution in [0.2, 0.25) is 5.02 Å². The first kappa shape index (κ1) is 24.8. The molecule has 184 valence electrons.